The lowest BCUT2D eigenvalue weighted by molar-refractivity contribution is 0.629. The molecule has 0 fully saturated rings. The molecular weight excluding hydrogens is 547 g/mol. The molecule has 7 aromatic rings. The molecule has 0 spiro atoms. The predicted octanol–water partition coefficient (Wildman–Crippen LogP) is 5.74. The van der Waals surface area contributed by atoms with Crippen LogP contribution in [0.2, 0.25) is 0 Å². The summed E-state index contributed by atoms with van der Waals surface area (Å²) in [7, 11) is 0. The van der Waals surface area contributed by atoms with E-state index in [1.54, 1.807) is 12.1 Å². The topological polar surface area (TPSA) is 38.5 Å². The van der Waals surface area contributed by atoms with Crippen molar-refractivity contribution in [2.75, 3.05) is 0 Å². The molecule has 0 aliphatic carbocycles. The number of fused-ring (bicyclic) bond motifs is 7. The lowest BCUT2D eigenvalue weighted by atomic mass is 9.34. The van der Waals surface area contributed by atoms with Crippen LogP contribution in [0.5, 0.6) is 0 Å². The molecule has 1 aliphatic heterocycles. The van der Waals surface area contributed by atoms with Crippen LogP contribution in [0.1, 0.15) is 16.7 Å². The van der Waals surface area contributed by atoms with E-state index in [2.05, 4.69) is 45.0 Å². The molecule has 1 aliphatic rings. The molecule has 2 aromatic heterocycles. The largest absolute Gasteiger partial charge is 0.308 e. The van der Waals surface area contributed by atoms with Crippen molar-refractivity contribution in [3.8, 4) is 0 Å². The number of nitrogens with zero attached hydrogens (tertiary/aromatic N) is 1. The molecule has 42 heavy (non-hydrogen) atoms. The van der Waals surface area contributed by atoms with E-state index in [0.717, 1.165) is 42.9 Å². The number of pyridine rings is 2. The van der Waals surface area contributed by atoms with E-state index in [1.807, 2.05) is 22.6 Å². The summed E-state index contributed by atoms with van der Waals surface area (Å²) in [5, 5.41) is 1.16. The van der Waals surface area contributed by atoms with Crippen molar-refractivity contribution in [2.45, 2.75) is 30.6 Å². The maximum Gasteiger partial charge on any atom is 0.245 e. The summed E-state index contributed by atoms with van der Waals surface area (Å²) in [6.07, 6.45) is 0. The smallest absolute Gasteiger partial charge is 0.245 e. The Morgan fingerprint density at radius 2 is 1.29 bits per heavy atom. The van der Waals surface area contributed by atoms with Gasteiger partial charge in [0, 0.05) is 31.3 Å². The highest BCUT2D eigenvalue weighted by Gasteiger charge is 2.37. The van der Waals surface area contributed by atoms with Crippen LogP contribution in [0.4, 0.5) is 8.78 Å². The van der Waals surface area contributed by atoms with Crippen LogP contribution >= 0.6 is 11.8 Å². The molecule has 0 radical (unpaired) electrons. The minimum Gasteiger partial charge on any atom is -0.308 e. The maximum atomic E-state index is 14.7. The summed E-state index contributed by atoms with van der Waals surface area (Å²) in [5.74, 6) is -1.05. The molecule has 0 amide bonds. The van der Waals surface area contributed by atoms with Crippen LogP contribution in [0.25, 0.3) is 38.1 Å². The number of hydrogen-bond donors (Lipinski definition) is 0. The van der Waals surface area contributed by atoms with E-state index in [-0.39, 0.29) is 28.3 Å². The summed E-state index contributed by atoms with van der Waals surface area (Å²) in [6, 6.07) is 22.6. The third-order valence-electron chi connectivity index (χ3n) is 8.65. The van der Waals surface area contributed by atoms with E-state index in [1.165, 1.54) is 36.0 Å². The van der Waals surface area contributed by atoms with Crippen LogP contribution in [0.3, 0.4) is 0 Å². The second kappa shape index (κ2) is 8.76. The van der Waals surface area contributed by atoms with Gasteiger partial charge in [-0.05, 0) is 74.8 Å². The van der Waals surface area contributed by atoms with Gasteiger partial charge < -0.3 is 4.40 Å². The van der Waals surface area contributed by atoms with Crippen molar-refractivity contribution in [3.63, 3.8) is 0 Å². The third-order valence-corrected chi connectivity index (χ3v) is 9.80. The van der Waals surface area contributed by atoms with Gasteiger partial charge in [-0.3, -0.25) is 9.59 Å². The molecule has 0 atom stereocenters. The van der Waals surface area contributed by atoms with Gasteiger partial charge in [0.1, 0.15) is 11.6 Å². The van der Waals surface area contributed by atoms with Crippen molar-refractivity contribution < 1.29 is 8.78 Å². The lowest BCUT2D eigenvalue weighted by Gasteiger charge is -2.30. The normalized spacial score (nSPS) is 12.9. The molecule has 5 aromatic carbocycles. The maximum absolute atomic E-state index is 14.7. The van der Waals surface area contributed by atoms with Crippen LogP contribution in [-0.4, -0.2) is 11.1 Å². The number of hydrogen-bond acceptors (Lipinski definition) is 3. The molecule has 0 bridgehead atoms. The molecule has 0 saturated carbocycles. The van der Waals surface area contributed by atoms with Gasteiger partial charge in [-0.1, -0.05) is 69.7 Å². The minimum atomic E-state index is -0.524. The predicted molar refractivity (Wildman–Crippen MR) is 169 cm³/mol. The van der Waals surface area contributed by atoms with Crippen molar-refractivity contribution >= 4 is 73.0 Å². The second-order valence-corrected chi connectivity index (χ2v) is 12.3. The summed E-state index contributed by atoms with van der Waals surface area (Å²) in [6.45, 7) is 5.97. The standard InChI is InChI=1S/C35H22BF2NO2S/c1-17-12-18(2)31(19(3)13-17)36-25-6-4-5-7-28(25)42-29-16-24-33-30(32(29)36)35(41)23-15-21(38)9-11-27(23)39(33)26-10-8-20(37)14-22(26)34(24)40/h4-16H,1-3H3. The molecule has 0 N–H and O–H groups in total. The van der Waals surface area contributed by atoms with E-state index < -0.39 is 11.6 Å². The summed E-state index contributed by atoms with van der Waals surface area (Å²) < 4.78 is 31.0. The van der Waals surface area contributed by atoms with Crippen LogP contribution in [0, 0.1) is 32.4 Å². The molecule has 3 nitrogen and oxygen atoms in total. The SMILES string of the molecule is Cc1cc(C)c(B2c3ccccc3Sc3cc4c(=O)c5cc(F)ccc5n5c6ccc(F)cc6c(=O)c(c32)c45)c(C)c1. The fourth-order valence-corrected chi connectivity index (χ4v) is 8.32. The van der Waals surface area contributed by atoms with Gasteiger partial charge in [0.15, 0.2) is 10.9 Å². The zero-order valence-electron chi connectivity index (χ0n) is 23.0. The Bertz CT molecular complexity index is 2410. The summed E-state index contributed by atoms with van der Waals surface area (Å²) in [4.78, 5) is 30.5. The first kappa shape index (κ1) is 25.2. The number of benzene rings is 5. The third kappa shape index (κ3) is 3.34. The Morgan fingerprint density at radius 3 is 1.95 bits per heavy atom. The Kier molecular flexibility index (Phi) is 5.26. The molecule has 0 unspecified atom stereocenters. The monoisotopic (exact) mass is 569 g/mol. The second-order valence-electron chi connectivity index (χ2n) is 11.3. The van der Waals surface area contributed by atoms with Gasteiger partial charge in [0.2, 0.25) is 6.71 Å². The Hall–Kier alpha value is -4.49. The molecule has 202 valence electrons. The Balaban J connectivity index is 1.68. The first-order chi connectivity index (χ1) is 20.2. The first-order valence-electron chi connectivity index (χ1n) is 13.8. The van der Waals surface area contributed by atoms with Crippen LogP contribution < -0.4 is 27.2 Å². The van der Waals surface area contributed by atoms with Crippen molar-refractivity contribution in [3.05, 3.63) is 128 Å². The van der Waals surface area contributed by atoms with E-state index in [9.17, 15) is 18.4 Å². The minimum absolute atomic E-state index is 0.209. The molecule has 3 heterocycles. The summed E-state index contributed by atoms with van der Waals surface area (Å²) in [5.41, 5.74) is 7.14. The van der Waals surface area contributed by atoms with Crippen molar-refractivity contribution in [1.29, 1.82) is 0 Å². The fourth-order valence-electron chi connectivity index (χ4n) is 7.12. The van der Waals surface area contributed by atoms with Gasteiger partial charge in [-0.15, -0.1) is 0 Å². The van der Waals surface area contributed by atoms with Gasteiger partial charge in [0.25, 0.3) is 0 Å². The number of rotatable bonds is 1. The van der Waals surface area contributed by atoms with Gasteiger partial charge in [-0.2, -0.15) is 0 Å². The molecule has 7 heteroatoms. The van der Waals surface area contributed by atoms with Gasteiger partial charge in [-0.25, -0.2) is 8.78 Å². The zero-order valence-corrected chi connectivity index (χ0v) is 23.8. The highest BCUT2D eigenvalue weighted by atomic mass is 32.2. The zero-order chi connectivity index (χ0) is 29.0. The average molecular weight is 569 g/mol. The van der Waals surface area contributed by atoms with Gasteiger partial charge in [0.05, 0.1) is 16.6 Å². The average Bonchev–Trinajstić information content (AvgIpc) is 2.95. The highest BCUT2D eigenvalue weighted by Crippen LogP contribution is 2.36. The van der Waals surface area contributed by atoms with E-state index >= 15 is 0 Å². The lowest BCUT2D eigenvalue weighted by Crippen LogP contribution is -2.57. The van der Waals surface area contributed by atoms with Crippen molar-refractivity contribution in [2.24, 2.45) is 0 Å². The van der Waals surface area contributed by atoms with E-state index in [4.69, 9.17) is 0 Å². The Morgan fingerprint density at radius 1 is 0.667 bits per heavy atom. The number of halogens is 2. The number of aryl methyl sites for hydroxylation is 3. The van der Waals surface area contributed by atoms with Crippen LogP contribution in [0.15, 0.2) is 98.2 Å². The highest BCUT2D eigenvalue weighted by molar-refractivity contribution is 8.00. The summed E-state index contributed by atoms with van der Waals surface area (Å²) >= 11 is 1.53. The van der Waals surface area contributed by atoms with Crippen molar-refractivity contribution in [1.82, 2.24) is 4.40 Å². The van der Waals surface area contributed by atoms with E-state index in [0.29, 0.717) is 27.3 Å². The quantitative estimate of drug-likeness (QED) is 0.144. The van der Waals surface area contributed by atoms with Crippen LogP contribution in [-0.2, 0) is 0 Å². The molecular formula is C35H22BF2NO2S. The molecule has 0 saturated heterocycles. The first-order valence-corrected chi connectivity index (χ1v) is 14.6. The van der Waals surface area contributed by atoms with Gasteiger partial charge >= 0.3 is 0 Å². The Labute approximate surface area is 243 Å². The fraction of sp³-hybridized carbons (Fsp3) is 0.0857. The molecule has 8 rings (SSSR count). The number of aromatic nitrogens is 1.